The number of sulfone groups is 1. The van der Waals surface area contributed by atoms with Crippen molar-refractivity contribution in [2.75, 3.05) is 0 Å². The summed E-state index contributed by atoms with van der Waals surface area (Å²) in [6, 6.07) is 6.03. The lowest BCUT2D eigenvalue weighted by molar-refractivity contribution is -0.145. The van der Waals surface area contributed by atoms with Crippen LogP contribution in [0, 0.1) is 0 Å². The molecule has 1 rings (SSSR count). The highest BCUT2D eigenvalue weighted by molar-refractivity contribution is 7.92. The van der Waals surface area contributed by atoms with Gasteiger partial charge < -0.3 is 10.4 Å². The first kappa shape index (κ1) is 18.2. The van der Waals surface area contributed by atoms with E-state index in [1.165, 1.54) is 26.0 Å². The highest BCUT2D eigenvalue weighted by Crippen LogP contribution is 2.17. The van der Waals surface area contributed by atoms with Gasteiger partial charge in [0.1, 0.15) is 5.54 Å². The van der Waals surface area contributed by atoms with E-state index >= 15 is 0 Å². The summed E-state index contributed by atoms with van der Waals surface area (Å²) in [5.74, 6) is -1.56. The van der Waals surface area contributed by atoms with E-state index in [1.807, 2.05) is 0 Å². The van der Waals surface area contributed by atoms with Crippen LogP contribution in [0.15, 0.2) is 29.2 Å². The van der Waals surface area contributed by atoms with E-state index in [1.54, 1.807) is 26.0 Å². The van der Waals surface area contributed by atoms with Crippen LogP contribution in [-0.2, 0) is 25.8 Å². The second-order valence-corrected chi connectivity index (χ2v) is 8.40. The van der Waals surface area contributed by atoms with Crippen molar-refractivity contribution >= 4 is 21.7 Å². The van der Waals surface area contributed by atoms with Gasteiger partial charge in [0.15, 0.2) is 9.84 Å². The van der Waals surface area contributed by atoms with Crippen LogP contribution < -0.4 is 5.32 Å². The molecule has 0 radical (unpaired) electrons. The van der Waals surface area contributed by atoms with Crippen LogP contribution in [0.1, 0.15) is 33.3 Å². The molecule has 1 aromatic rings. The third-order valence-corrected chi connectivity index (χ3v) is 5.39. The highest BCUT2D eigenvalue weighted by atomic mass is 32.2. The number of aliphatic carboxylic acids is 1. The van der Waals surface area contributed by atoms with Crippen molar-refractivity contribution in [1.82, 2.24) is 5.32 Å². The topological polar surface area (TPSA) is 101 Å². The summed E-state index contributed by atoms with van der Waals surface area (Å²) in [7, 11) is -3.34. The maximum absolute atomic E-state index is 12.0. The van der Waals surface area contributed by atoms with Gasteiger partial charge in [0.05, 0.1) is 16.6 Å². The van der Waals surface area contributed by atoms with Crippen molar-refractivity contribution in [3.63, 3.8) is 0 Å². The number of amides is 1. The van der Waals surface area contributed by atoms with E-state index in [-0.39, 0.29) is 11.3 Å². The summed E-state index contributed by atoms with van der Waals surface area (Å²) in [5.41, 5.74) is -0.737. The van der Waals surface area contributed by atoms with Crippen LogP contribution in [0.5, 0.6) is 0 Å². The van der Waals surface area contributed by atoms with Crippen molar-refractivity contribution in [3.05, 3.63) is 29.8 Å². The van der Waals surface area contributed by atoms with E-state index in [0.717, 1.165) is 0 Å². The van der Waals surface area contributed by atoms with Crippen molar-refractivity contribution in [2.24, 2.45) is 0 Å². The summed E-state index contributed by atoms with van der Waals surface area (Å²) >= 11 is 0. The molecule has 0 aliphatic rings. The first-order chi connectivity index (χ1) is 9.96. The number of hydrogen-bond donors (Lipinski definition) is 2. The number of carbonyl (C=O) groups excluding carboxylic acids is 1. The Kier molecular flexibility index (Phi) is 5.35. The van der Waals surface area contributed by atoms with E-state index in [2.05, 4.69) is 5.32 Å². The quantitative estimate of drug-likeness (QED) is 0.822. The molecule has 0 unspecified atom stereocenters. The summed E-state index contributed by atoms with van der Waals surface area (Å²) in [6.45, 7) is 5.99. The Morgan fingerprint density at radius 1 is 1.18 bits per heavy atom. The number of carboxylic acids is 1. The van der Waals surface area contributed by atoms with E-state index < -0.39 is 32.5 Å². The first-order valence-corrected chi connectivity index (χ1v) is 8.38. The van der Waals surface area contributed by atoms with Crippen molar-refractivity contribution in [3.8, 4) is 0 Å². The van der Waals surface area contributed by atoms with Crippen LogP contribution in [0.2, 0.25) is 0 Å². The maximum atomic E-state index is 12.0. The Balaban J connectivity index is 2.81. The maximum Gasteiger partial charge on any atom is 0.328 e. The van der Waals surface area contributed by atoms with Crippen molar-refractivity contribution in [1.29, 1.82) is 0 Å². The fourth-order valence-corrected chi connectivity index (χ4v) is 2.76. The molecule has 1 amide bonds. The number of carbonyl (C=O) groups is 2. The predicted molar refractivity (Wildman–Crippen MR) is 82.3 cm³/mol. The SMILES string of the molecule is CC(C)S(=O)(=O)c1ccc(CC(=O)NC(C)(C)C(=O)O)cc1. The first-order valence-electron chi connectivity index (χ1n) is 6.84. The van der Waals surface area contributed by atoms with Crippen molar-refractivity contribution < 1.29 is 23.1 Å². The summed E-state index contributed by atoms with van der Waals surface area (Å²) < 4.78 is 24.0. The monoisotopic (exact) mass is 327 g/mol. The third kappa shape index (κ3) is 4.30. The van der Waals surface area contributed by atoms with Crippen LogP contribution in [0.25, 0.3) is 0 Å². The molecular formula is C15H21NO5S. The van der Waals surface area contributed by atoms with Gasteiger partial charge in [0, 0.05) is 0 Å². The predicted octanol–water partition coefficient (Wildman–Crippen LogP) is 1.39. The Labute approximate surface area is 130 Å². The fourth-order valence-electron chi connectivity index (χ4n) is 1.70. The molecule has 0 heterocycles. The van der Waals surface area contributed by atoms with Crippen LogP contribution >= 0.6 is 0 Å². The molecule has 0 aliphatic carbocycles. The molecule has 1 aromatic carbocycles. The van der Waals surface area contributed by atoms with Gasteiger partial charge in [0.2, 0.25) is 5.91 Å². The smallest absolute Gasteiger partial charge is 0.328 e. The average molecular weight is 327 g/mol. The molecule has 7 heteroatoms. The molecular weight excluding hydrogens is 306 g/mol. The lowest BCUT2D eigenvalue weighted by Crippen LogP contribution is -2.50. The van der Waals surface area contributed by atoms with Crippen LogP contribution in [0.4, 0.5) is 0 Å². The van der Waals surface area contributed by atoms with E-state index in [0.29, 0.717) is 5.56 Å². The lowest BCUT2D eigenvalue weighted by Gasteiger charge is -2.21. The highest BCUT2D eigenvalue weighted by Gasteiger charge is 2.28. The Morgan fingerprint density at radius 3 is 2.09 bits per heavy atom. The van der Waals surface area contributed by atoms with Gasteiger partial charge in [-0.2, -0.15) is 0 Å². The fraction of sp³-hybridized carbons (Fsp3) is 0.467. The zero-order chi connectivity index (χ0) is 17.1. The number of nitrogens with one attached hydrogen (secondary N) is 1. The van der Waals surface area contributed by atoms with E-state index in [9.17, 15) is 18.0 Å². The standard InChI is InChI=1S/C15H21NO5S/c1-10(2)22(20,21)12-7-5-11(6-8-12)9-13(17)16-15(3,4)14(18)19/h5-8,10H,9H2,1-4H3,(H,16,17)(H,18,19). The zero-order valence-electron chi connectivity index (χ0n) is 13.1. The third-order valence-electron chi connectivity index (χ3n) is 3.22. The average Bonchev–Trinajstić information content (AvgIpc) is 2.38. The number of hydrogen-bond acceptors (Lipinski definition) is 4. The molecule has 0 fully saturated rings. The van der Waals surface area contributed by atoms with Gasteiger partial charge >= 0.3 is 5.97 Å². The van der Waals surface area contributed by atoms with Gasteiger partial charge in [0.25, 0.3) is 0 Å². The van der Waals surface area contributed by atoms with Gasteiger partial charge in [-0.15, -0.1) is 0 Å². The zero-order valence-corrected chi connectivity index (χ0v) is 13.9. The van der Waals surface area contributed by atoms with E-state index in [4.69, 9.17) is 5.11 Å². The minimum Gasteiger partial charge on any atom is -0.480 e. The summed E-state index contributed by atoms with van der Waals surface area (Å²) in [4.78, 5) is 23.0. The minimum atomic E-state index is -3.34. The number of benzene rings is 1. The summed E-state index contributed by atoms with van der Waals surface area (Å²) in [5, 5.41) is 10.8. The molecule has 2 N–H and O–H groups in total. The molecule has 0 atom stereocenters. The van der Waals surface area contributed by atoms with Gasteiger partial charge in [-0.3, -0.25) is 4.79 Å². The second kappa shape index (κ2) is 6.48. The molecule has 0 spiro atoms. The summed E-state index contributed by atoms with van der Waals surface area (Å²) in [6.07, 6.45) is -0.0152. The largest absolute Gasteiger partial charge is 0.480 e. The van der Waals surface area contributed by atoms with Crippen molar-refractivity contribution in [2.45, 2.75) is 49.8 Å². The van der Waals surface area contributed by atoms with Gasteiger partial charge in [-0.05, 0) is 45.4 Å². The second-order valence-electron chi connectivity index (χ2n) is 5.89. The molecule has 122 valence electrons. The molecule has 6 nitrogen and oxygen atoms in total. The molecule has 0 aromatic heterocycles. The normalized spacial score (nSPS) is 12.2. The molecule has 22 heavy (non-hydrogen) atoms. The van der Waals surface area contributed by atoms with Crippen LogP contribution in [0.3, 0.4) is 0 Å². The number of carboxylic acid groups (broad SMARTS) is 1. The Hall–Kier alpha value is -1.89. The molecule has 0 aliphatic heterocycles. The Bertz CT molecular complexity index is 660. The lowest BCUT2D eigenvalue weighted by atomic mass is 10.1. The molecule has 0 bridgehead atoms. The van der Waals surface area contributed by atoms with Crippen LogP contribution in [-0.4, -0.2) is 36.2 Å². The van der Waals surface area contributed by atoms with Gasteiger partial charge in [-0.25, -0.2) is 13.2 Å². The Morgan fingerprint density at radius 2 is 1.68 bits per heavy atom. The number of rotatable bonds is 6. The van der Waals surface area contributed by atoms with Gasteiger partial charge in [-0.1, -0.05) is 12.1 Å². The molecule has 0 saturated carbocycles. The minimum absolute atomic E-state index is 0.0152. The molecule has 0 saturated heterocycles.